The summed E-state index contributed by atoms with van der Waals surface area (Å²) in [7, 11) is 0. The molecule has 0 saturated heterocycles. The highest BCUT2D eigenvalue weighted by Crippen LogP contribution is 2.39. The number of aromatic amines is 1. The summed E-state index contributed by atoms with van der Waals surface area (Å²) in [6.07, 6.45) is 9.16. The number of fused-ring (bicyclic) bond motifs is 2. The first-order valence-corrected chi connectivity index (χ1v) is 12.5. The van der Waals surface area contributed by atoms with E-state index in [0.717, 1.165) is 52.5 Å². The molecule has 7 heteroatoms. The first kappa shape index (κ1) is 22.1. The van der Waals surface area contributed by atoms with E-state index in [0.29, 0.717) is 17.3 Å². The quantitative estimate of drug-likeness (QED) is 0.336. The Morgan fingerprint density at radius 3 is 2.88 bits per heavy atom. The summed E-state index contributed by atoms with van der Waals surface area (Å²) in [5, 5.41) is 5.29. The van der Waals surface area contributed by atoms with E-state index in [4.69, 9.17) is 4.98 Å². The third-order valence-electron chi connectivity index (χ3n) is 6.60. The van der Waals surface area contributed by atoms with Gasteiger partial charge < -0.3 is 14.9 Å². The van der Waals surface area contributed by atoms with E-state index in [1.807, 2.05) is 18.3 Å². The SMILES string of the molecule is CC(C)(C)Nc1ccc2cc(Br)c(CCC3CCC(n4ccc5c(=O)[nH]cnc54)C3)cc2n1. The van der Waals surface area contributed by atoms with Gasteiger partial charge in [-0.05, 0) is 94.7 Å². The van der Waals surface area contributed by atoms with Crippen molar-refractivity contribution >= 4 is 43.7 Å². The molecule has 2 atom stereocenters. The number of benzene rings is 1. The molecule has 1 saturated carbocycles. The monoisotopic (exact) mass is 507 g/mol. The van der Waals surface area contributed by atoms with Gasteiger partial charge >= 0.3 is 0 Å². The van der Waals surface area contributed by atoms with Gasteiger partial charge in [0.2, 0.25) is 0 Å². The van der Waals surface area contributed by atoms with E-state index in [9.17, 15) is 4.79 Å². The molecule has 172 valence electrons. The Kier molecular flexibility index (Phi) is 5.77. The molecule has 0 bridgehead atoms. The number of pyridine rings is 1. The maximum absolute atomic E-state index is 12.0. The Balaban J connectivity index is 1.29. The van der Waals surface area contributed by atoms with Crippen molar-refractivity contribution in [2.45, 2.75) is 64.5 Å². The third kappa shape index (κ3) is 4.69. The summed E-state index contributed by atoms with van der Waals surface area (Å²) in [5.74, 6) is 1.58. The van der Waals surface area contributed by atoms with E-state index >= 15 is 0 Å². The Hall–Kier alpha value is -2.67. The van der Waals surface area contributed by atoms with Gasteiger partial charge in [-0.3, -0.25) is 4.79 Å². The average molecular weight is 508 g/mol. The molecule has 2 N–H and O–H groups in total. The van der Waals surface area contributed by atoms with E-state index < -0.39 is 0 Å². The van der Waals surface area contributed by atoms with Crippen LogP contribution in [0.4, 0.5) is 5.82 Å². The van der Waals surface area contributed by atoms with Crippen LogP contribution in [0.1, 0.15) is 58.1 Å². The molecule has 1 fully saturated rings. The van der Waals surface area contributed by atoms with E-state index in [1.165, 1.54) is 18.3 Å². The Bertz CT molecular complexity index is 1370. The fourth-order valence-electron chi connectivity index (χ4n) is 5.03. The molecule has 5 rings (SSSR count). The number of rotatable bonds is 5. The Morgan fingerprint density at radius 2 is 2.06 bits per heavy atom. The zero-order valence-electron chi connectivity index (χ0n) is 19.4. The molecule has 6 nitrogen and oxygen atoms in total. The number of aryl methyl sites for hydroxylation is 1. The van der Waals surface area contributed by atoms with E-state index in [2.05, 4.69) is 74.8 Å². The van der Waals surface area contributed by atoms with Crippen LogP contribution in [0, 0.1) is 5.92 Å². The molecule has 0 amide bonds. The summed E-state index contributed by atoms with van der Waals surface area (Å²) in [6, 6.07) is 10.9. The van der Waals surface area contributed by atoms with Gasteiger partial charge in [0.15, 0.2) is 0 Å². The lowest BCUT2D eigenvalue weighted by molar-refractivity contribution is 0.461. The maximum atomic E-state index is 12.0. The number of aromatic nitrogens is 4. The van der Waals surface area contributed by atoms with Crippen molar-refractivity contribution in [3.05, 3.63) is 63.2 Å². The van der Waals surface area contributed by atoms with Gasteiger partial charge in [-0.2, -0.15) is 0 Å². The number of H-pyrrole nitrogens is 1. The highest BCUT2D eigenvalue weighted by Gasteiger charge is 2.27. The number of hydrogen-bond donors (Lipinski definition) is 2. The van der Waals surface area contributed by atoms with Gasteiger partial charge in [-0.15, -0.1) is 0 Å². The van der Waals surface area contributed by atoms with Crippen LogP contribution in [-0.4, -0.2) is 25.1 Å². The van der Waals surface area contributed by atoms with Crippen LogP contribution >= 0.6 is 15.9 Å². The van der Waals surface area contributed by atoms with Gasteiger partial charge in [0.05, 0.1) is 17.2 Å². The van der Waals surface area contributed by atoms with Crippen LogP contribution < -0.4 is 10.9 Å². The smallest absolute Gasteiger partial charge is 0.260 e. The number of hydrogen-bond acceptors (Lipinski definition) is 4. The summed E-state index contributed by atoms with van der Waals surface area (Å²) in [6.45, 7) is 6.43. The maximum Gasteiger partial charge on any atom is 0.260 e. The van der Waals surface area contributed by atoms with Crippen molar-refractivity contribution in [1.82, 2.24) is 19.5 Å². The summed E-state index contributed by atoms with van der Waals surface area (Å²) >= 11 is 3.78. The van der Waals surface area contributed by atoms with E-state index in [-0.39, 0.29) is 11.1 Å². The summed E-state index contributed by atoms with van der Waals surface area (Å²) in [5.41, 5.74) is 3.05. The topological polar surface area (TPSA) is 75.6 Å². The lowest BCUT2D eigenvalue weighted by Gasteiger charge is -2.21. The standard InChI is InChI=1S/C26H30BrN5O/c1-26(2,3)31-23-9-7-18-13-21(27)17(14-22(18)30-23)6-4-16-5-8-19(12-16)32-11-10-20-24(32)28-15-29-25(20)33/h7,9-11,13-16,19H,4-6,8,12H2,1-3H3,(H,30,31)(H,28,29,33). The van der Waals surface area contributed by atoms with Gasteiger partial charge in [0.1, 0.15) is 11.5 Å². The predicted molar refractivity (Wildman–Crippen MR) is 138 cm³/mol. The Labute approximate surface area is 202 Å². The molecular weight excluding hydrogens is 478 g/mol. The van der Waals surface area contributed by atoms with Crippen LogP contribution in [0.3, 0.4) is 0 Å². The molecule has 4 aromatic rings. The predicted octanol–water partition coefficient (Wildman–Crippen LogP) is 6.22. The average Bonchev–Trinajstić information content (AvgIpc) is 3.39. The minimum atomic E-state index is -0.0658. The second-order valence-corrected chi connectivity index (χ2v) is 11.1. The molecule has 33 heavy (non-hydrogen) atoms. The van der Waals surface area contributed by atoms with Crippen molar-refractivity contribution in [2.24, 2.45) is 5.92 Å². The fraction of sp³-hybridized carbons (Fsp3) is 0.423. The molecule has 1 aromatic carbocycles. The number of nitrogens with zero attached hydrogens (tertiary/aromatic N) is 3. The molecule has 3 heterocycles. The number of nitrogens with one attached hydrogen (secondary N) is 2. The van der Waals surface area contributed by atoms with Crippen LogP contribution in [-0.2, 0) is 6.42 Å². The lowest BCUT2D eigenvalue weighted by atomic mass is 9.97. The molecule has 0 radical (unpaired) electrons. The van der Waals surface area contributed by atoms with Gasteiger partial charge in [-0.1, -0.05) is 15.9 Å². The van der Waals surface area contributed by atoms with E-state index in [1.54, 1.807) is 0 Å². The molecule has 2 unspecified atom stereocenters. The van der Waals surface area contributed by atoms with Crippen LogP contribution in [0.15, 0.2) is 52.1 Å². The van der Waals surface area contributed by atoms with Gasteiger partial charge in [0, 0.05) is 27.6 Å². The van der Waals surface area contributed by atoms with Crippen molar-refractivity contribution in [2.75, 3.05) is 5.32 Å². The minimum Gasteiger partial charge on any atom is -0.365 e. The molecule has 3 aromatic heterocycles. The second-order valence-electron chi connectivity index (χ2n) is 10.3. The molecule has 1 aliphatic rings. The zero-order valence-corrected chi connectivity index (χ0v) is 20.9. The van der Waals surface area contributed by atoms with Crippen molar-refractivity contribution in [1.29, 1.82) is 0 Å². The Morgan fingerprint density at radius 1 is 1.21 bits per heavy atom. The molecular formula is C26H30BrN5O. The first-order chi connectivity index (χ1) is 15.8. The molecule has 0 aliphatic heterocycles. The minimum absolute atomic E-state index is 0.0219. The van der Waals surface area contributed by atoms with Crippen molar-refractivity contribution in [3.8, 4) is 0 Å². The highest BCUT2D eigenvalue weighted by molar-refractivity contribution is 9.10. The molecule has 1 aliphatic carbocycles. The normalized spacial score (nSPS) is 18.9. The largest absolute Gasteiger partial charge is 0.365 e. The van der Waals surface area contributed by atoms with Crippen molar-refractivity contribution in [3.63, 3.8) is 0 Å². The van der Waals surface area contributed by atoms with Crippen molar-refractivity contribution < 1.29 is 0 Å². The van der Waals surface area contributed by atoms with Crippen LogP contribution in [0.25, 0.3) is 21.9 Å². The third-order valence-corrected chi connectivity index (χ3v) is 7.34. The number of anilines is 1. The van der Waals surface area contributed by atoms with Crippen LogP contribution in [0.5, 0.6) is 0 Å². The van der Waals surface area contributed by atoms with Gasteiger partial charge in [0.25, 0.3) is 5.56 Å². The van der Waals surface area contributed by atoms with Gasteiger partial charge in [-0.25, -0.2) is 9.97 Å². The molecule has 0 spiro atoms. The highest BCUT2D eigenvalue weighted by atomic mass is 79.9. The first-order valence-electron chi connectivity index (χ1n) is 11.7. The second kappa shape index (κ2) is 8.60. The number of halogens is 1. The zero-order chi connectivity index (χ0) is 23.2. The lowest BCUT2D eigenvalue weighted by Crippen LogP contribution is -2.26. The summed E-state index contributed by atoms with van der Waals surface area (Å²) in [4.78, 5) is 24.0. The fourth-order valence-corrected chi connectivity index (χ4v) is 5.59. The summed E-state index contributed by atoms with van der Waals surface area (Å²) < 4.78 is 3.35. The van der Waals surface area contributed by atoms with Crippen LogP contribution in [0.2, 0.25) is 0 Å².